The van der Waals surface area contributed by atoms with Crippen molar-refractivity contribution in [2.75, 3.05) is 6.61 Å². The van der Waals surface area contributed by atoms with Gasteiger partial charge in [-0.3, -0.25) is 0 Å². The van der Waals surface area contributed by atoms with Gasteiger partial charge in [0.15, 0.2) is 0 Å². The molecule has 1 aliphatic carbocycles. The maximum atomic E-state index is 9.17. The Balaban J connectivity index is 2.22. The van der Waals surface area contributed by atoms with Crippen molar-refractivity contribution in [1.29, 1.82) is 0 Å². The molecule has 0 heterocycles. The zero-order valence-corrected chi connectivity index (χ0v) is 8.20. The summed E-state index contributed by atoms with van der Waals surface area (Å²) in [7, 11) is 0. The second kappa shape index (κ2) is 2.85. The van der Waals surface area contributed by atoms with E-state index in [0.29, 0.717) is 18.4 Å². The van der Waals surface area contributed by atoms with E-state index in [1.807, 2.05) is 6.07 Å². The van der Waals surface area contributed by atoms with Crippen LogP contribution in [-0.4, -0.2) is 11.7 Å². The first-order chi connectivity index (χ1) is 6.18. The van der Waals surface area contributed by atoms with E-state index < -0.39 is 0 Å². The van der Waals surface area contributed by atoms with Gasteiger partial charge >= 0.3 is 0 Å². The first kappa shape index (κ1) is 8.76. The van der Waals surface area contributed by atoms with Crippen molar-refractivity contribution in [2.45, 2.75) is 19.8 Å². The Morgan fingerprint density at radius 2 is 1.85 bits per heavy atom. The molecule has 0 aliphatic heterocycles. The van der Waals surface area contributed by atoms with Crippen LogP contribution in [0.4, 0.5) is 0 Å². The SMILES string of the molecule is CC1(C)[C@@H](CO)[C@@H]1c1ccccc1. The van der Waals surface area contributed by atoms with Crippen molar-refractivity contribution in [1.82, 2.24) is 0 Å². The summed E-state index contributed by atoms with van der Waals surface area (Å²) >= 11 is 0. The number of aliphatic hydroxyl groups excluding tert-OH is 1. The van der Waals surface area contributed by atoms with Gasteiger partial charge in [-0.25, -0.2) is 0 Å². The zero-order valence-electron chi connectivity index (χ0n) is 8.20. The van der Waals surface area contributed by atoms with E-state index in [-0.39, 0.29) is 5.41 Å². The molecule has 0 amide bonds. The summed E-state index contributed by atoms with van der Waals surface area (Å²) in [5.74, 6) is 1.01. The van der Waals surface area contributed by atoms with E-state index in [9.17, 15) is 5.11 Å². The molecule has 13 heavy (non-hydrogen) atoms. The summed E-state index contributed by atoms with van der Waals surface area (Å²) in [5, 5.41) is 9.17. The molecule has 1 aromatic carbocycles. The predicted molar refractivity (Wildman–Crippen MR) is 53.5 cm³/mol. The van der Waals surface area contributed by atoms with E-state index in [1.54, 1.807) is 0 Å². The number of hydrogen-bond acceptors (Lipinski definition) is 1. The van der Waals surface area contributed by atoms with Crippen molar-refractivity contribution >= 4 is 0 Å². The summed E-state index contributed by atoms with van der Waals surface area (Å²) in [6, 6.07) is 10.5. The van der Waals surface area contributed by atoms with Gasteiger partial charge < -0.3 is 5.11 Å². The van der Waals surface area contributed by atoms with Gasteiger partial charge in [-0.2, -0.15) is 0 Å². The van der Waals surface area contributed by atoms with E-state index in [4.69, 9.17) is 0 Å². The van der Waals surface area contributed by atoms with Gasteiger partial charge in [0.25, 0.3) is 0 Å². The van der Waals surface area contributed by atoms with Gasteiger partial charge in [0.1, 0.15) is 0 Å². The van der Waals surface area contributed by atoms with E-state index in [0.717, 1.165) is 0 Å². The first-order valence-corrected chi connectivity index (χ1v) is 4.83. The van der Waals surface area contributed by atoms with Gasteiger partial charge in [0.2, 0.25) is 0 Å². The number of benzene rings is 1. The molecule has 1 aromatic rings. The molecule has 1 fully saturated rings. The summed E-state index contributed by atoms with van der Waals surface area (Å²) in [5.41, 5.74) is 1.65. The van der Waals surface area contributed by atoms with Gasteiger partial charge in [-0.05, 0) is 22.8 Å². The average Bonchev–Trinajstić information content (AvgIpc) is 2.69. The average molecular weight is 176 g/mol. The lowest BCUT2D eigenvalue weighted by Gasteiger charge is -2.01. The third-order valence-corrected chi connectivity index (χ3v) is 3.41. The van der Waals surface area contributed by atoms with Crippen molar-refractivity contribution in [3.05, 3.63) is 35.9 Å². The van der Waals surface area contributed by atoms with Crippen LogP contribution in [0.3, 0.4) is 0 Å². The van der Waals surface area contributed by atoms with Crippen LogP contribution in [0.5, 0.6) is 0 Å². The minimum atomic E-state index is 0.288. The number of hydrogen-bond donors (Lipinski definition) is 1. The Morgan fingerprint density at radius 3 is 2.31 bits per heavy atom. The maximum Gasteiger partial charge on any atom is 0.0470 e. The standard InChI is InChI=1S/C12H16O/c1-12(2)10(8-13)11(12)9-6-4-3-5-7-9/h3-7,10-11,13H,8H2,1-2H3/t10-,11-/m0/s1. The Bertz CT molecular complexity index is 289. The van der Waals surface area contributed by atoms with Crippen LogP contribution in [0.2, 0.25) is 0 Å². The number of rotatable bonds is 2. The van der Waals surface area contributed by atoms with Crippen LogP contribution in [0.25, 0.3) is 0 Å². The maximum absolute atomic E-state index is 9.17. The molecule has 0 aromatic heterocycles. The Morgan fingerprint density at radius 1 is 1.23 bits per heavy atom. The summed E-state index contributed by atoms with van der Waals surface area (Å²) < 4.78 is 0. The highest BCUT2D eigenvalue weighted by atomic mass is 16.3. The van der Waals surface area contributed by atoms with E-state index >= 15 is 0 Å². The molecule has 0 saturated heterocycles. The summed E-state index contributed by atoms with van der Waals surface area (Å²) in [6.45, 7) is 4.77. The predicted octanol–water partition coefficient (Wildman–Crippen LogP) is 2.42. The van der Waals surface area contributed by atoms with E-state index in [1.165, 1.54) is 5.56 Å². The highest BCUT2D eigenvalue weighted by molar-refractivity contribution is 5.31. The minimum absolute atomic E-state index is 0.288. The van der Waals surface area contributed by atoms with Crippen LogP contribution >= 0.6 is 0 Å². The molecule has 2 rings (SSSR count). The Hall–Kier alpha value is -0.820. The molecule has 1 saturated carbocycles. The zero-order chi connectivity index (χ0) is 9.47. The van der Waals surface area contributed by atoms with Crippen LogP contribution in [0.1, 0.15) is 25.3 Å². The highest BCUT2D eigenvalue weighted by Crippen LogP contribution is 2.63. The highest BCUT2D eigenvalue weighted by Gasteiger charge is 2.57. The monoisotopic (exact) mass is 176 g/mol. The van der Waals surface area contributed by atoms with Gasteiger partial charge in [0, 0.05) is 6.61 Å². The largest absolute Gasteiger partial charge is 0.396 e. The van der Waals surface area contributed by atoms with Crippen LogP contribution < -0.4 is 0 Å². The topological polar surface area (TPSA) is 20.2 Å². The van der Waals surface area contributed by atoms with Crippen LogP contribution in [-0.2, 0) is 0 Å². The fourth-order valence-corrected chi connectivity index (χ4v) is 2.41. The molecule has 0 radical (unpaired) electrons. The molecule has 70 valence electrons. The molecule has 0 unspecified atom stereocenters. The lowest BCUT2D eigenvalue weighted by atomic mass is 10.0. The fourth-order valence-electron chi connectivity index (χ4n) is 2.41. The fraction of sp³-hybridized carbons (Fsp3) is 0.500. The van der Waals surface area contributed by atoms with Crippen molar-refractivity contribution in [3.63, 3.8) is 0 Å². The molecule has 2 atom stereocenters. The number of aliphatic hydroxyl groups is 1. The molecule has 0 spiro atoms. The lowest BCUT2D eigenvalue weighted by Crippen LogP contribution is -1.93. The first-order valence-electron chi connectivity index (χ1n) is 4.83. The Kier molecular flexibility index (Phi) is 1.92. The third kappa shape index (κ3) is 1.28. The molecule has 1 nitrogen and oxygen atoms in total. The second-order valence-electron chi connectivity index (χ2n) is 4.50. The van der Waals surface area contributed by atoms with Gasteiger partial charge in [-0.1, -0.05) is 44.2 Å². The van der Waals surface area contributed by atoms with Gasteiger partial charge in [0.05, 0.1) is 0 Å². The normalized spacial score (nSPS) is 30.1. The summed E-state index contributed by atoms with van der Waals surface area (Å²) in [6.07, 6.45) is 0. The quantitative estimate of drug-likeness (QED) is 0.733. The van der Waals surface area contributed by atoms with Crippen LogP contribution in [0.15, 0.2) is 30.3 Å². The molecular formula is C12H16O. The van der Waals surface area contributed by atoms with Crippen molar-refractivity contribution < 1.29 is 5.11 Å². The summed E-state index contributed by atoms with van der Waals surface area (Å²) in [4.78, 5) is 0. The molecular weight excluding hydrogens is 160 g/mol. The van der Waals surface area contributed by atoms with Crippen LogP contribution in [0, 0.1) is 11.3 Å². The molecule has 1 N–H and O–H groups in total. The van der Waals surface area contributed by atoms with Crippen molar-refractivity contribution in [2.24, 2.45) is 11.3 Å². The van der Waals surface area contributed by atoms with Gasteiger partial charge in [-0.15, -0.1) is 0 Å². The smallest absolute Gasteiger partial charge is 0.0470 e. The molecule has 1 heteroatoms. The minimum Gasteiger partial charge on any atom is -0.396 e. The molecule has 1 aliphatic rings. The molecule has 0 bridgehead atoms. The van der Waals surface area contributed by atoms with Crippen molar-refractivity contribution in [3.8, 4) is 0 Å². The lowest BCUT2D eigenvalue weighted by molar-refractivity contribution is 0.257. The van der Waals surface area contributed by atoms with E-state index in [2.05, 4.69) is 38.1 Å². The Labute approximate surface area is 79.4 Å². The second-order valence-corrected chi connectivity index (χ2v) is 4.50. The third-order valence-electron chi connectivity index (χ3n) is 3.41.